The predicted molar refractivity (Wildman–Crippen MR) is 90.1 cm³/mol. The van der Waals surface area contributed by atoms with Crippen LogP contribution in [0.5, 0.6) is 23.0 Å². The maximum Gasteiger partial charge on any atom is 0.416 e. The van der Waals surface area contributed by atoms with Crippen molar-refractivity contribution in [2.75, 3.05) is 0 Å². The molecule has 26 heavy (non-hydrogen) atoms. The Morgan fingerprint density at radius 2 is 1.35 bits per heavy atom. The molecule has 2 heterocycles. The fraction of sp³-hybridized carbons (Fsp3) is 0.143. The molecule has 5 heteroatoms. The zero-order chi connectivity index (χ0) is 17.9. The minimum absolute atomic E-state index is 0.185. The molecular formula is C21H13F3O2. The van der Waals surface area contributed by atoms with Crippen molar-refractivity contribution in [3.63, 3.8) is 0 Å². The van der Waals surface area contributed by atoms with E-state index in [4.69, 9.17) is 9.47 Å². The van der Waals surface area contributed by atoms with Gasteiger partial charge >= 0.3 is 6.18 Å². The Bertz CT molecular complexity index is 1040. The molecular weight excluding hydrogens is 341 g/mol. The number of hydrogen-bond acceptors (Lipinski definition) is 2. The third-order valence-corrected chi connectivity index (χ3v) is 4.84. The Kier molecular flexibility index (Phi) is 3.11. The van der Waals surface area contributed by atoms with Crippen molar-refractivity contribution in [2.45, 2.75) is 19.0 Å². The standard InChI is InChI=1S/C21H13F3O2/c22-21(23,24)16-5-3-7-18-15(16)10-14-9-13-8-12-4-1-2-6-17(12)25-19(13)11-20(14)26-18/h1-7,9,11H,8,10H2. The SMILES string of the molecule is FC(F)(F)c1cccc2c1Cc1cc3c(cc1O2)Oc1ccccc1C3. The Labute approximate surface area is 147 Å². The number of ether oxygens (including phenoxy) is 2. The highest BCUT2D eigenvalue weighted by molar-refractivity contribution is 5.59. The van der Waals surface area contributed by atoms with E-state index in [1.54, 1.807) is 12.1 Å². The Morgan fingerprint density at radius 3 is 2.15 bits per heavy atom. The Morgan fingerprint density at radius 1 is 0.654 bits per heavy atom. The summed E-state index contributed by atoms with van der Waals surface area (Å²) < 4.78 is 51.7. The van der Waals surface area contributed by atoms with Gasteiger partial charge in [-0.25, -0.2) is 0 Å². The van der Waals surface area contributed by atoms with E-state index in [-0.39, 0.29) is 17.7 Å². The van der Waals surface area contributed by atoms with Crippen LogP contribution in [0.25, 0.3) is 0 Å². The fourth-order valence-electron chi connectivity index (χ4n) is 3.61. The van der Waals surface area contributed by atoms with E-state index in [1.807, 2.05) is 30.3 Å². The van der Waals surface area contributed by atoms with Gasteiger partial charge in [-0.05, 0) is 41.0 Å². The lowest BCUT2D eigenvalue weighted by Gasteiger charge is -2.27. The van der Waals surface area contributed by atoms with E-state index in [0.29, 0.717) is 17.9 Å². The molecule has 0 radical (unpaired) electrons. The summed E-state index contributed by atoms with van der Waals surface area (Å²) >= 11 is 0. The summed E-state index contributed by atoms with van der Waals surface area (Å²) in [6.45, 7) is 0. The second kappa shape index (κ2) is 5.27. The third kappa shape index (κ3) is 2.35. The lowest BCUT2D eigenvalue weighted by atomic mass is 9.92. The summed E-state index contributed by atoms with van der Waals surface area (Å²) in [4.78, 5) is 0. The molecule has 0 atom stereocenters. The van der Waals surface area contributed by atoms with Gasteiger partial charge in [0.25, 0.3) is 0 Å². The van der Waals surface area contributed by atoms with E-state index in [2.05, 4.69) is 0 Å². The zero-order valence-corrected chi connectivity index (χ0v) is 13.6. The molecule has 0 unspecified atom stereocenters. The van der Waals surface area contributed by atoms with E-state index in [0.717, 1.165) is 28.5 Å². The summed E-state index contributed by atoms with van der Waals surface area (Å²) in [6, 6.07) is 15.5. The van der Waals surface area contributed by atoms with E-state index in [9.17, 15) is 13.2 Å². The highest BCUT2D eigenvalue weighted by Crippen LogP contribution is 2.46. The van der Waals surface area contributed by atoms with Gasteiger partial charge in [0.15, 0.2) is 0 Å². The summed E-state index contributed by atoms with van der Waals surface area (Å²) in [5.74, 6) is 2.30. The van der Waals surface area contributed by atoms with E-state index in [1.165, 1.54) is 6.07 Å². The van der Waals surface area contributed by atoms with Crippen LogP contribution in [-0.4, -0.2) is 0 Å². The molecule has 0 N–H and O–H groups in total. The van der Waals surface area contributed by atoms with Crippen LogP contribution >= 0.6 is 0 Å². The van der Waals surface area contributed by atoms with Crippen molar-refractivity contribution < 1.29 is 22.6 Å². The summed E-state index contributed by atoms with van der Waals surface area (Å²) in [7, 11) is 0. The summed E-state index contributed by atoms with van der Waals surface area (Å²) in [5, 5.41) is 0. The second-order valence-corrected chi connectivity index (χ2v) is 6.51. The molecule has 0 aromatic heterocycles. The number of para-hydroxylation sites is 1. The average molecular weight is 354 g/mol. The van der Waals surface area contributed by atoms with Crippen LogP contribution in [0.1, 0.15) is 27.8 Å². The van der Waals surface area contributed by atoms with Crippen LogP contribution < -0.4 is 9.47 Å². The molecule has 0 bridgehead atoms. The Balaban J connectivity index is 1.58. The van der Waals surface area contributed by atoms with Crippen LogP contribution in [0.3, 0.4) is 0 Å². The molecule has 3 aromatic rings. The van der Waals surface area contributed by atoms with Gasteiger partial charge in [-0.3, -0.25) is 0 Å². The lowest BCUT2D eigenvalue weighted by molar-refractivity contribution is -0.138. The van der Waals surface area contributed by atoms with Gasteiger partial charge in [-0.15, -0.1) is 0 Å². The maximum atomic E-state index is 13.3. The molecule has 2 aliphatic rings. The Hall–Kier alpha value is -2.95. The molecule has 0 amide bonds. The normalized spacial score (nSPS) is 14.3. The van der Waals surface area contributed by atoms with Crippen LogP contribution in [-0.2, 0) is 19.0 Å². The number of hydrogen-bond donors (Lipinski definition) is 0. The smallest absolute Gasteiger partial charge is 0.416 e. The minimum Gasteiger partial charge on any atom is -0.457 e. The van der Waals surface area contributed by atoms with Crippen LogP contribution in [0.2, 0.25) is 0 Å². The first kappa shape index (κ1) is 15.3. The van der Waals surface area contributed by atoms with Gasteiger partial charge in [0.2, 0.25) is 0 Å². The molecule has 2 aliphatic heterocycles. The molecule has 0 fully saturated rings. The number of benzene rings is 3. The molecule has 0 saturated carbocycles. The van der Waals surface area contributed by atoms with E-state index >= 15 is 0 Å². The first-order chi connectivity index (χ1) is 12.5. The van der Waals surface area contributed by atoms with E-state index < -0.39 is 11.7 Å². The number of fused-ring (bicyclic) bond motifs is 4. The minimum atomic E-state index is -4.40. The molecule has 0 saturated heterocycles. The zero-order valence-electron chi connectivity index (χ0n) is 13.6. The molecule has 5 rings (SSSR count). The second-order valence-electron chi connectivity index (χ2n) is 6.51. The highest BCUT2D eigenvalue weighted by Gasteiger charge is 2.36. The third-order valence-electron chi connectivity index (χ3n) is 4.84. The monoisotopic (exact) mass is 354 g/mol. The van der Waals surface area contributed by atoms with Gasteiger partial charge in [-0.2, -0.15) is 13.2 Å². The quantitative estimate of drug-likeness (QED) is 0.335. The summed E-state index contributed by atoms with van der Waals surface area (Å²) in [5.41, 5.74) is 2.31. The first-order valence-corrected chi connectivity index (χ1v) is 8.27. The van der Waals surface area contributed by atoms with Crippen molar-refractivity contribution in [1.82, 2.24) is 0 Å². The lowest BCUT2D eigenvalue weighted by Crippen LogP contribution is -2.14. The summed E-state index contributed by atoms with van der Waals surface area (Å²) in [6.07, 6.45) is -3.52. The fourth-order valence-corrected chi connectivity index (χ4v) is 3.61. The number of alkyl halides is 3. The predicted octanol–water partition coefficient (Wildman–Crippen LogP) is 6.10. The van der Waals surface area contributed by atoms with Crippen molar-refractivity contribution in [2.24, 2.45) is 0 Å². The van der Waals surface area contributed by atoms with Gasteiger partial charge in [0, 0.05) is 24.5 Å². The number of rotatable bonds is 0. The van der Waals surface area contributed by atoms with Gasteiger partial charge in [0.1, 0.15) is 23.0 Å². The molecule has 3 aromatic carbocycles. The van der Waals surface area contributed by atoms with Gasteiger partial charge in [-0.1, -0.05) is 24.3 Å². The average Bonchev–Trinajstić information content (AvgIpc) is 2.61. The van der Waals surface area contributed by atoms with Gasteiger partial charge < -0.3 is 9.47 Å². The van der Waals surface area contributed by atoms with Crippen LogP contribution in [0.4, 0.5) is 13.2 Å². The van der Waals surface area contributed by atoms with Crippen molar-refractivity contribution in [1.29, 1.82) is 0 Å². The van der Waals surface area contributed by atoms with Gasteiger partial charge in [0.05, 0.1) is 5.56 Å². The van der Waals surface area contributed by atoms with Crippen molar-refractivity contribution in [3.8, 4) is 23.0 Å². The van der Waals surface area contributed by atoms with Crippen molar-refractivity contribution >= 4 is 0 Å². The number of halogens is 3. The largest absolute Gasteiger partial charge is 0.457 e. The van der Waals surface area contributed by atoms with Crippen LogP contribution in [0.15, 0.2) is 54.6 Å². The van der Waals surface area contributed by atoms with Crippen molar-refractivity contribution in [3.05, 3.63) is 82.4 Å². The maximum absolute atomic E-state index is 13.3. The molecule has 130 valence electrons. The molecule has 0 spiro atoms. The van der Waals surface area contributed by atoms with Crippen LogP contribution in [0, 0.1) is 0 Å². The first-order valence-electron chi connectivity index (χ1n) is 8.27. The molecule has 2 nitrogen and oxygen atoms in total. The highest BCUT2D eigenvalue weighted by atomic mass is 19.4. The topological polar surface area (TPSA) is 18.5 Å². The molecule has 0 aliphatic carbocycles.